The van der Waals surface area contributed by atoms with Crippen molar-refractivity contribution in [3.63, 3.8) is 0 Å². The highest BCUT2D eigenvalue weighted by molar-refractivity contribution is 6.31. The summed E-state index contributed by atoms with van der Waals surface area (Å²) in [7, 11) is 1.72. The predicted molar refractivity (Wildman–Crippen MR) is 61.2 cm³/mol. The molecule has 92 valence electrons. The first-order valence-electron chi connectivity index (χ1n) is 4.40. The second-order valence-electron chi connectivity index (χ2n) is 3.24. The minimum atomic E-state index is -4.34. The lowest BCUT2D eigenvalue weighted by atomic mass is 10.1. The van der Waals surface area contributed by atoms with Crippen molar-refractivity contribution in [3.8, 4) is 0 Å². The molecular formula is C10H12Cl2F3N. The monoisotopic (exact) mass is 273 g/mol. The smallest absolute Gasteiger partial charge is 0.313 e. The number of benzene rings is 1. The molecule has 0 aliphatic rings. The Morgan fingerprint density at radius 2 is 1.88 bits per heavy atom. The summed E-state index contributed by atoms with van der Waals surface area (Å²) in [5.41, 5.74) is -0.0632. The van der Waals surface area contributed by atoms with E-state index in [4.69, 9.17) is 11.6 Å². The molecule has 0 saturated heterocycles. The fourth-order valence-corrected chi connectivity index (χ4v) is 1.55. The van der Waals surface area contributed by atoms with E-state index in [0.29, 0.717) is 5.56 Å². The van der Waals surface area contributed by atoms with Crippen LogP contribution in [0.15, 0.2) is 18.2 Å². The molecule has 1 aromatic carbocycles. The van der Waals surface area contributed by atoms with Gasteiger partial charge in [0.05, 0.1) is 5.56 Å². The first-order valence-corrected chi connectivity index (χ1v) is 4.78. The van der Waals surface area contributed by atoms with Crippen LogP contribution in [0.2, 0.25) is 5.02 Å². The van der Waals surface area contributed by atoms with Crippen molar-refractivity contribution in [2.75, 3.05) is 7.05 Å². The van der Waals surface area contributed by atoms with Crippen molar-refractivity contribution < 1.29 is 13.2 Å². The molecule has 6 heteroatoms. The Balaban J connectivity index is 0.00000225. The van der Waals surface area contributed by atoms with Crippen LogP contribution < -0.4 is 5.32 Å². The molecular weight excluding hydrogens is 262 g/mol. The summed E-state index contributed by atoms with van der Waals surface area (Å²) in [6, 6.07) is 3.31. The third-order valence-corrected chi connectivity index (χ3v) is 2.55. The van der Waals surface area contributed by atoms with E-state index in [0.717, 1.165) is 12.1 Å². The van der Waals surface area contributed by atoms with Crippen molar-refractivity contribution in [1.29, 1.82) is 0 Å². The largest absolute Gasteiger partial charge is 0.416 e. The van der Waals surface area contributed by atoms with E-state index in [1.807, 2.05) is 6.92 Å². The maximum absolute atomic E-state index is 12.3. The van der Waals surface area contributed by atoms with E-state index < -0.39 is 11.7 Å². The van der Waals surface area contributed by atoms with Crippen molar-refractivity contribution in [1.82, 2.24) is 5.32 Å². The molecule has 0 spiro atoms. The van der Waals surface area contributed by atoms with Crippen LogP contribution in [-0.2, 0) is 6.18 Å². The summed E-state index contributed by atoms with van der Waals surface area (Å²) in [5.74, 6) is 0. The minimum absolute atomic E-state index is 0. The fourth-order valence-electron chi connectivity index (χ4n) is 1.21. The van der Waals surface area contributed by atoms with Gasteiger partial charge in [0.25, 0.3) is 0 Å². The maximum atomic E-state index is 12.3. The van der Waals surface area contributed by atoms with Crippen LogP contribution in [0.5, 0.6) is 0 Å². The van der Waals surface area contributed by atoms with Crippen LogP contribution in [0.25, 0.3) is 0 Å². The molecule has 0 bridgehead atoms. The van der Waals surface area contributed by atoms with Crippen LogP contribution in [0.3, 0.4) is 0 Å². The van der Waals surface area contributed by atoms with Gasteiger partial charge in [-0.2, -0.15) is 13.2 Å². The summed E-state index contributed by atoms with van der Waals surface area (Å²) < 4.78 is 36.9. The third kappa shape index (κ3) is 3.54. The van der Waals surface area contributed by atoms with Crippen molar-refractivity contribution in [2.24, 2.45) is 0 Å². The summed E-state index contributed by atoms with van der Waals surface area (Å²) in [4.78, 5) is 0. The second-order valence-corrected chi connectivity index (χ2v) is 3.65. The number of halogens is 5. The van der Waals surface area contributed by atoms with Gasteiger partial charge in [-0.05, 0) is 31.7 Å². The SMILES string of the molecule is CN[C@@H](C)c1ccc(C(F)(F)F)cc1Cl.Cl. The summed E-state index contributed by atoms with van der Waals surface area (Å²) in [6.45, 7) is 1.83. The highest BCUT2D eigenvalue weighted by atomic mass is 35.5. The first-order chi connectivity index (χ1) is 6.86. The van der Waals surface area contributed by atoms with Gasteiger partial charge in [-0.15, -0.1) is 12.4 Å². The molecule has 1 N–H and O–H groups in total. The van der Waals surface area contributed by atoms with E-state index in [9.17, 15) is 13.2 Å². The highest BCUT2D eigenvalue weighted by Crippen LogP contribution is 2.33. The van der Waals surface area contributed by atoms with Gasteiger partial charge >= 0.3 is 6.18 Å². The van der Waals surface area contributed by atoms with Crippen LogP contribution in [0.1, 0.15) is 24.1 Å². The van der Waals surface area contributed by atoms with Gasteiger partial charge in [-0.1, -0.05) is 17.7 Å². The van der Waals surface area contributed by atoms with E-state index in [2.05, 4.69) is 5.32 Å². The molecule has 16 heavy (non-hydrogen) atoms. The number of rotatable bonds is 2. The molecule has 0 aliphatic heterocycles. The van der Waals surface area contributed by atoms with Gasteiger partial charge in [0.2, 0.25) is 0 Å². The molecule has 0 amide bonds. The molecule has 1 aromatic rings. The number of hydrogen-bond donors (Lipinski definition) is 1. The molecule has 0 aliphatic carbocycles. The van der Waals surface area contributed by atoms with E-state index in [1.165, 1.54) is 6.07 Å². The van der Waals surface area contributed by atoms with Gasteiger partial charge < -0.3 is 5.32 Å². The number of alkyl halides is 3. The predicted octanol–water partition coefficient (Wildman–Crippen LogP) is 4.06. The summed E-state index contributed by atoms with van der Waals surface area (Å²) in [6.07, 6.45) is -4.34. The Morgan fingerprint density at radius 1 is 1.31 bits per heavy atom. The van der Waals surface area contributed by atoms with Crippen LogP contribution >= 0.6 is 24.0 Å². The van der Waals surface area contributed by atoms with E-state index in [1.54, 1.807) is 7.05 Å². The average Bonchev–Trinajstić information content (AvgIpc) is 2.15. The normalized spacial score (nSPS) is 13.1. The Labute approximate surface area is 103 Å². The van der Waals surface area contributed by atoms with E-state index >= 15 is 0 Å². The zero-order valence-corrected chi connectivity index (χ0v) is 10.3. The molecule has 0 aromatic heterocycles. The third-order valence-electron chi connectivity index (χ3n) is 2.23. The zero-order chi connectivity index (χ0) is 11.6. The van der Waals surface area contributed by atoms with Gasteiger partial charge in [0.1, 0.15) is 0 Å². The molecule has 0 saturated carbocycles. The Hall–Kier alpha value is -0.450. The topological polar surface area (TPSA) is 12.0 Å². The standard InChI is InChI=1S/C10H11ClF3N.ClH/c1-6(15-2)8-4-3-7(5-9(8)11)10(12,13)14;/h3-6,15H,1-2H3;1H/t6-;/m0./s1. The molecule has 0 radical (unpaired) electrons. The van der Waals surface area contributed by atoms with Gasteiger partial charge in [-0.25, -0.2) is 0 Å². The van der Waals surface area contributed by atoms with Crippen LogP contribution in [-0.4, -0.2) is 7.05 Å². The Morgan fingerprint density at radius 3 is 2.25 bits per heavy atom. The molecule has 1 rings (SSSR count). The molecule has 1 atom stereocenters. The van der Waals surface area contributed by atoms with Gasteiger partial charge in [-0.3, -0.25) is 0 Å². The van der Waals surface area contributed by atoms with Gasteiger partial charge in [0.15, 0.2) is 0 Å². The van der Waals surface area contributed by atoms with Crippen LogP contribution in [0, 0.1) is 0 Å². The van der Waals surface area contributed by atoms with Crippen molar-refractivity contribution in [3.05, 3.63) is 34.3 Å². The Kier molecular flexibility index (Phi) is 5.59. The van der Waals surface area contributed by atoms with Crippen molar-refractivity contribution in [2.45, 2.75) is 19.1 Å². The molecule has 1 nitrogen and oxygen atoms in total. The average molecular weight is 274 g/mol. The Bertz CT molecular complexity index is 352. The van der Waals surface area contributed by atoms with Crippen molar-refractivity contribution >= 4 is 24.0 Å². The minimum Gasteiger partial charge on any atom is -0.313 e. The van der Waals surface area contributed by atoms with E-state index in [-0.39, 0.29) is 23.5 Å². The van der Waals surface area contributed by atoms with Crippen LogP contribution in [0.4, 0.5) is 13.2 Å². The fraction of sp³-hybridized carbons (Fsp3) is 0.400. The lowest BCUT2D eigenvalue weighted by Crippen LogP contribution is -2.13. The number of hydrogen-bond acceptors (Lipinski definition) is 1. The summed E-state index contributed by atoms with van der Waals surface area (Å²) in [5, 5.41) is 3.05. The quantitative estimate of drug-likeness (QED) is 0.857. The number of nitrogens with one attached hydrogen (secondary N) is 1. The highest BCUT2D eigenvalue weighted by Gasteiger charge is 2.31. The molecule has 0 fully saturated rings. The molecule has 0 unspecified atom stereocenters. The first kappa shape index (κ1) is 15.5. The zero-order valence-electron chi connectivity index (χ0n) is 8.73. The summed E-state index contributed by atoms with van der Waals surface area (Å²) >= 11 is 5.77. The van der Waals surface area contributed by atoms with Gasteiger partial charge in [0, 0.05) is 11.1 Å². The lowest BCUT2D eigenvalue weighted by Gasteiger charge is -2.14. The second kappa shape index (κ2) is 5.75. The lowest BCUT2D eigenvalue weighted by molar-refractivity contribution is -0.137. The molecule has 0 heterocycles. The maximum Gasteiger partial charge on any atom is 0.416 e.